The summed E-state index contributed by atoms with van der Waals surface area (Å²) < 4.78 is 6.27. The summed E-state index contributed by atoms with van der Waals surface area (Å²) in [5, 5.41) is 20.0. The monoisotopic (exact) mass is 463 g/mol. The zero-order valence-electron chi connectivity index (χ0n) is 15.3. The quantitative estimate of drug-likeness (QED) is 0.541. The lowest BCUT2D eigenvalue weighted by molar-refractivity contribution is 0.0533. The molecule has 0 saturated carbocycles. The van der Waals surface area contributed by atoms with Gasteiger partial charge in [-0.05, 0) is 45.8 Å². The third-order valence-corrected chi connectivity index (χ3v) is 6.10. The molecule has 0 saturated heterocycles. The van der Waals surface area contributed by atoms with Crippen LogP contribution in [0.3, 0.4) is 0 Å². The fraction of sp³-hybridized carbons (Fsp3) is 0.286. The molecule has 0 fully saturated rings. The SMILES string of the molecule is CC1(C)c2cc(OC[C@H](O)CO)c(Br)cc2C(=O)c2c1[nH]c1cc(Cl)ccc21. The molecule has 0 unspecified atom stereocenters. The van der Waals surface area contributed by atoms with Gasteiger partial charge in [0, 0.05) is 32.6 Å². The van der Waals surface area contributed by atoms with Crippen molar-refractivity contribution in [1.82, 2.24) is 4.98 Å². The first-order valence-corrected chi connectivity index (χ1v) is 10.0. The number of aromatic amines is 1. The highest BCUT2D eigenvalue weighted by atomic mass is 79.9. The van der Waals surface area contributed by atoms with E-state index < -0.39 is 11.5 Å². The van der Waals surface area contributed by atoms with Crippen LogP contribution in [0.5, 0.6) is 5.75 Å². The average molecular weight is 465 g/mol. The minimum absolute atomic E-state index is 0.0433. The minimum atomic E-state index is -0.970. The second kappa shape index (κ2) is 6.88. The number of aromatic nitrogens is 1. The van der Waals surface area contributed by atoms with E-state index in [1.807, 2.05) is 32.0 Å². The smallest absolute Gasteiger partial charge is 0.195 e. The van der Waals surface area contributed by atoms with Crippen LogP contribution in [0.2, 0.25) is 5.02 Å². The van der Waals surface area contributed by atoms with Gasteiger partial charge in [0.15, 0.2) is 5.78 Å². The van der Waals surface area contributed by atoms with Crippen LogP contribution < -0.4 is 4.74 Å². The maximum absolute atomic E-state index is 13.3. The fourth-order valence-electron chi connectivity index (χ4n) is 3.75. The van der Waals surface area contributed by atoms with Gasteiger partial charge in [0.2, 0.25) is 0 Å². The van der Waals surface area contributed by atoms with Gasteiger partial charge in [-0.1, -0.05) is 31.5 Å². The molecule has 3 aromatic rings. The Labute approximate surface area is 175 Å². The van der Waals surface area contributed by atoms with Gasteiger partial charge in [0.05, 0.1) is 16.6 Å². The number of aliphatic hydroxyl groups is 2. The zero-order chi connectivity index (χ0) is 20.2. The normalized spacial score (nSPS) is 16.0. The number of H-pyrrole nitrogens is 1. The number of rotatable bonds is 4. The van der Waals surface area contributed by atoms with E-state index in [-0.39, 0.29) is 19.0 Å². The first-order valence-electron chi connectivity index (χ1n) is 8.86. The van der Waals surface area contributed by atoms with E-state index in [1.54, 1.807) is 12.1 Å². The third kappa shape index (κ3) is 2.95. The molecule has 0 amide bonds. The van der Waals surface area contributed by atoms with E-state index in [2.05, 4.69) is 20.9 Å². The van der Waals surface area contributed by atoms with Gasteiger partial charge >= 0.3 is 0 Å². The van der Waals surface area contributed by atoms with Crippen molar-refractivity contribution in [3.8, 4) is 5.75 Å². The van der Waals surface area contributed by atoms with Crippen LogP contribution in [0.4, 0.5) is 0 Å². The fourth-order valence-corrected chi connectivity index (χ4v) is 4.38. The summed E-state index contributed by atoms with van der Waals surface area (Å²) in [6.07, 6.45) is -0.970. The van der Waals surface area contributed by atoms with Crippen LogP contribution in [-0.4, -0.2) is 40.3 Å². The second-order valence-corrected chi connectivity index (χ2v) is 8.79. The summed E-state index contributed by atoms with van der Waals surface area (Å²) in [4.78, 5) is 16.7. The van der Waals surface area contributed by atoms with Gasteiger partial charge in [-0.15, -0.1) is 0 Å². The van der Waals surface area contributed by atoms with Crippen molar-refractivity contribution in [2.75, 3.05) is 13.2 Å². The van der Waals surface area contributed by atoms with E-state index in [0.29, 0.717) is 26.4 Å². The standard InChI is InChI=1S/C21H19BrClNO4/c1-21(2)14-7-17(28-9-11(26)8-25)15(22)6-13(14)19(27)18-12-4-3-10(23)5-16(12)24-20(18)21/h3-7,11,24-26H,8-9H2,1-2H3/t11-/m1/s1. The molecule has 3 N–H and O–H groups in total. The Morgan fingerprint density at radius 3 is 2.75 bits per heavy atom. The molecule has 0 bridgehead atoms. The molecule has 0 spiro atoms. The number of benzene rings is 2. The number of hydrogen-bond donors (Lipinski definition) is 3. The first kappa shape index (κ1) is 19.5. The number of aliphatic hydroxyl groups excluding tert-OH is 2. The highest BCUT2D eigenvalue weighted by Gasteiger charge is 2.40. The molecule has 28 heavy (non-hydrogen) atoms. The van der Waals surface area contributed by atoms with Crippen LogP contribution in [0.15, 0.2) is 34.8 Å². The number of ketones is 1. The van der Waals surface area contributed by atoms with Crippen molar-refractivity contribution in [3.63, 3.8) is 0 Å². The van der Waals surface area contributed by atoms with Crippen molar-refractivity contribution in [2.24, 2.45) is 0 Å². The lowest BCUT2D eigenvalue weighted by Gasteiger charge is -2.32. The zero-order valence-corrected chi connectivity index (χ0v) is 17.7. The molecule has 0 aliphatic heterocycles. The van der Waals surface area contributed by atoms with Gasteiger partial charge in [-0.25, -0.2) is 0 Å². The van der Waals surface area contributed by atoms with Crippen molar-refractivity contribution in [3.05, 3.63) is 62.2 Å². The summed E-state index contributed by atoms with van der Waals surface area (Å²) in [7, 11) is 0. The molecule has 1 aromatic heterocycles. The second-order valence-electron chi connectivity index (χ2n) is 7.49. The van der Waals surface area contributed by atoms with Crippen molar-refractivity contribution in [2.45, 2.75) is 25.4 Å². The predicted octanol–water partition coefficient (Wildman–Crippen LogP) is 4.19. The minimum Gasteiger partial charge on any atom is -0.490 e. The molecule has 1 aliphatic rings. The van der Waals surface area contributed by atoms with Gasteiger partial charge in [-0.3, -0.25) is 4.79 Å². The molecule has 7 heteroatoms. The molecular formula is C21H19BrClNO4. The molecule has 1 atom stereocenters. The van der Waals surface area contributed by atoms with Crippen LogP contribution >= 0.6 is 27.5 Å². The molecular weight excluding hydrogens is 446 g/mol. The van der Waals surface area contributed by atoms with Crippen LogP contribution in [-0.2, 0) is 5.41 Å². The average Bonchev–Trinajstić information content (AvgIpc) is 3.04. The van der Waals surface area contributed by atoms with Crippen LogP contribution in [0.1, 0.15) is 41.0 Å². The maximum Gasteiger partial charge on any atom is 0.195 e. The molecule has 5 nitrogen and oxygen atoms in total. The Morgan fingerprint density at radius 1 is 1.29 bits per heavy atom. The van der Waals surface area contributed by atoms with Crippen LogP contribution in [0.25, 0.3) is 10.9 Å². The molecule has 2 aromatic carbocycles. The molecule has 146 valence electrons. The van der Waals surface area contributed by atoms with Gasteiger partial charge in [0.1, 0.15) is 18.5 Å². The first-order chi connectivity index (χ1) is 13.2. The summed E-state index contributed by atoms with van der Waals surface area (Å²) in [5.74, 6) is 0.454. The number of fused-ring (bicyclic) bond motifs is 4. The number of halogens is 2. The largest absolute Gasteiger partial charge is 0.490 e. The Balaban J connectivity index is 1.87. The molecule has 1 heterocycles. The van der Waals surface area contributed by atoms with E-state index >= 15 is 0 Å². The Hall–Kier alpha value is -1.86. The predicted molar refractivity (Wildman–Crippen MR) is 112 cm³/mol. The molecule has 4 rings (SSSR count). The van der Waals surface area contributed by atoms with Crippen molar-refractivity contribution >= 4 is 44.2 Å². The summed E-state index contributed by atoms with van der Waals surface area (Å²) in [6.45, 7) is 3.68. The Bertz CT molecular complexity index is 1110. The van der Waals surface area contributed by atoms with E-state index in [4.69, 9.17) is 21.4 Å². The van der Waals surface area contributed by atoms with E-state index in [0.717, 1.165) is 22.2 Å². The van der Waals surface area contributed by atoms with Crippen molar-refractivity contribution in [1.29, 1.82) is 0 Å². The van der Waals surface area contributed by atoms with Gasteiger partial charge in [0.25, 0.3) is 0 Å². The van der Waals surface area contributed by atoms with Gasteiger partial charge < -0.3 is 19.9 Å². The molecule has 0 radical (unpaired) electrons. The highest BCUT2D eigenvalue weighted by Crippen LogP contribution is 2.46. The van der Waals surface area contributed by atoms with Gasteiger partial charge in [-0.2, -0.15) is 0 Å². The highest BCUT2D eigenvalue weighted by molar-refractivity contribution is 9.10. The summed E-state index contributed by atoms with van der Waals surface area (Å²) in [6, 6.07) is 9.06. The van der Waals surface area contributed by atoms with Crippen molar-refractivity contribution < 1.29 is 19.7 Å². The Kier molecular flexibility index (Phi) is 4.78. The topological polar surface area (TPSA) is 82.5 Å². The van der Waals surface area contributed by atoms with Crippen LogP contribution in [0, 0.1) is 0 Å². The van der Waals surface area contributed by atoms with E-state index in [9.17, 15) is 9.90 Å². The number of hydrogen-bond acceptors (Lipinski definition) is 4. The number of carbonyl (C=O) groups is 1. The molecule has 1 aliphatic carbocycles. The number of carbonyl (C=O) groups excluding carboxylic acids is 1. The third-order valence-electron chi connectivity index (χ3n) is 5.24. The number of nitrogens with one attached hydrogen (secondary N) is 1. The summed E-state index contributed by atoms with van der Waals surface area (Å²) in [5.41, 5.74) is 3.30. The lowest BCUT2D eigenvalue weighted by Crippen LogP contribution is -2.30. The Morgan fingerprint density at radius 2 is 2.04 bits per heavy atom. The summed E-state index contributed by atoms with van der Waals surface area (Å²) >= 11 is 9.58. The lowest BCUT2D eigenvalue weighted by atomic mass is 9.71. The maximum atomic E-state index is 13.3. The van der Waals surface area contributed by atoms with E-state index in [1.165, 1.54) is 0 Å². The number of ether oxygens (including phenoxy) is 1.